The van der Waals surface area contributed by atoms with E-state index < -0.39 is 0 Å². The number of aromatic nitrogens is 2. The van der Waals surface area contributed by atoms with E-state index in [0.29, 0.717) is 11.7 Å². The summed E-state index contributed by atoms with van der Waals surface area (Å²) in [6.07, 6.45) is 2.49. The fourth-order valence-electron chi connectivity index (χ4n) is 2.81. The van der Waals surface area contributed by atoms with Crippen molar-refractivity contribution >= 4 is 45.7 Å². The summed E-state index contributed by atoms with van der Waals surface area (Å²) in [7, 11) is 0. The quantitative estimate of drug-likeness (QED) is 0.443. The summed E-state index contributed by atoms with van der Waals surface area (Å²) in [5, 5.41) is 11.4. The van der Waals surface area contributed by atoms with Crippen molar-refractivity contribution in [2.24, 2.45) is 5.92 Å². The number of benzene rings is 1. The number of thioether (sulfide) groups is 1. The molecule has 2 aromatic rings. The Balaban J connectivity index is 1.59. The summed E-state index contributed by atoms with van der Waals surface area (Å²) in [4.78, 5) is 26.6. The minimum absolute atomic E-state index is 0.0208. The van der Waals surface area contributed by atoms with Crippen molar-refractivity contribution in [1.29, 1.82) is 0 Å². The molecular formula is C18H22N4O2S2. The van der Waals surface area contributed by atoms with Crippen LogP contribution < -0.4 is 10.2 Å². The molecule has 1 atom stereocenters. The van der Waals surface area contributed by atoms with Crippen LogP contribution in [0.15, 0.2) is 28.6 Å². The van der Waals surface area contributed by atoms with Gasteiger partial charge in [-0.1, -0.05) is 54.6 Å². The molecular weight excluding hydrogens is 368 g/mol. The maximum atomic E-state index is 12.5. The van der Waals surface area contributed by atoms with Gasteiger partial charge in [-0.2, -0.15) is 0 Å². The molecule has 8 heteroatoms. The highest BCUT2D eigenvalue weighted by atomic mass is 32.2. The van der Waals surface area contributed by atoms with Crippen molar-refractivity contribution in [1.82, 2.24) is 10.2 Å². The van der Waals surface area contributed by atoms with Crippen LogP contribution in [0, 0.1) is 12.8 Å². The molecule has 1 aliphatic heterocycles. The molecule has 1 fully saturated rings. The third kappa shape index (κ3) is 4.42. The van der Waals surface area contributed by atoms with E-state index in [1.807, 2.05) is 31.2 Å². The summed E-state index contributed by atoms with van der Waals surface area (Å²) in [6, 6.07) is 7.73. The van der Waals surface area contributed by atoms with Crippen LogP contribution in [0.4, 0.5) is 10.8 Å². The van der Waals surface area contributed by atoms with E-state index >= 15 is 0 Å². The molecule has 138 valence electrons. The molecule has 1 aromatic heterocycles. The molecule has 0 unspecified atom stereocenters. The highest BCUT2D eigenvalue weighted by Crippen LogP contribution is 2.30. The molecule has 2 heterocycles. The Labute approximate surface area is 161 Å². The largest absolute Gasteiger partial charge is 0.311 e. The van der Waals surface area contributed by atoms with Gasteiger partial charge < -0.3 is 10.2 Å². The third-order valence-electron chi connectivity index (χ3n) is 4.26. The van der Waals surface area contributed by atoms with Crippen LogP contribution in [0.5, 0.6) is 0 Å². The number of aryl methyl sites for hydroxylation is 1. The van der Waals surface area contributed by atoms with Gasteiger partial charge in [-0.25, -0.2) is 0 Å². The Bertz CT molecular complexity index is 793. The SMILES string of the molecule is CCCCSc1nnc(NC(=O)[C@H]2CC(=O)N(c3ccccc3C)C2)s1. The lowest BCUT2D eigenvalue weighted by Crippen LogP contribution is -2.28. The van der Waals surface area contributed by atoms with Gasteiger partial charge >= 0.3 is 0 Å². The summed E-state index contributed by atoms with van der Waals surface area (Å²) in [5.41, 5.74) is 1.90. The standard InChI is InChI=1S/C18H22N4O2S2/c1-3-4-9-25-18-21-20-17(26-18)19-16(24)13-10-15(23)22(11-13)14-8-6-5-7-12(14)2/h5-8,13H,3-4,9-11H2,1-2H3,(H,19,20,24)/t13-/m0/s1. The second kappa shape index (κ2) is 8.64. The van der Waals surface area contributed by atoms with Gasteiger partial charge in [0.15, 0.2) is 4.34 Å². The lowest BCUT2D eigenvalue weighted by Gasteiger charge is -2.18. The van der Waals surface area contributed by atoms with Gasteiger partial charge in [-0.05, 0) is 25.0 Å². The number of nitrogens with zero attached hydrogens (tertiary/aromatic N) is 3. The van der Waals surface area contributed by atoms with Crippen LogP contribution in [0.25, 0.3) is 0 Å². The predicted octanol–water partition coefficient (Wildman–Crippen LogP) is 3.73. The molecule has 0 aliphatic carbocycles. The Kier molecular flexibility index (Phi) is 6.26. The average molecular weight is 391 g/mol. The topological polar surface area (TPSA) is 75.2 Å². The number of para-hydroxylation sites is 1. The molecule has 1 saturated heterocycles. The predicted molar refractivity (Wildman–Crippen MR) is 106 cm³/mol. The fourth-order valence-corrected chi connectivity index (χ4v) is 4.72. The van der Waals surface area contributed by atoms with E-state index in [9.17, 15) is 9.59 Å². The molecule has 6 nitrogen and oxygen atoms in total. The monoisotopic (exact) mass is 390 g/mol. The zero-order valence-corrected chi connectivity index (χ0v) is 16.5. The lowest BCUT2D eigenvalue weighted by atomic mass is 10.1. The molecule has 1 N–H and O–H groups in total. The van der Waals surface area contributed by atoms with Gasteiger partial charge in [-0.15, -0.1) is 10.2 Å². The summed E-state index contributed by atoms with van der Waals surface area (Å²) in [6.45, 7) is 4.51. The van der Waals surface area contributed by atoms with Gasteiger partial charge in [0.1, 0.15) is 0 Å². The second-order valence-corrected chi connectivity index (χ2v) is 8.58. The van der Waals surface area contributed by atoms with Crippen LogP contribution in [0.2, 0.25) is 0 Å². The molecule has 0 radical (unpaired) electrons. The summed E-state index contributed by atoms with van der Waals surface area (Å²) in [5.74, 6) is 0.437. The number of nitrogens with one attached hydrogen (secondary N) is 1. The number of hydrogen-bond donors (Lipinski definition) is 1. The van der Waals surface area contributed by atoms with Crippen molar-refractivity contribution in [2.75, 3.05) is 22.5 Å². The highest BCUT2D eigenvalue weighted by molar-refractivity contribution is 8.01. The van der Waals surface area contributed by atoms with Gasteiger partial charge in [0.2, 0.25) is 16.9 Å². The average Bonchev–Trinajstić information content (AvgIpc) is 3.22. The number of rotatable bonds is 7. The van der Waals surface area contributed by atoms with Crippen LogP contribution >= 0.6 is 23.1 Å². The first-order chi connectivity index (χ1) is 12.6. The van der Waals surface area contributed by atoms with E-state index in [1.165, 1.54) is 11.3 Å². The Morgan fingerprint density at radius 3 is 2.96 bits per heavy atom. The molecule has 1 aliphatic rings. The second-order valence-electron chi connectivity index (χ2n) is 6.26. The van der Waals surface area contributed by atoms with E-state index in [2.05, 4.69) is 22.4 Å². The molecule has 0 bridgehead atoms. The Morgan fingerprint density at radius 2 is 2.19 bits per heavy atom. The van der Waals surface area contributed by atoms with Crippen LogP contribution in [0.1, 0.15) is 31.7 Å². The van der Waals surface area contributed by atoms with E-state index in [4.69, 9.17) is 0 Å². The van der Waals surface area contributed by atoms with Gasteiger partial charge in [0.05, 0.1) is 5.92 Å². The summed E-state index contributed by atoms with van der Waals surface area (Å²) >= 11 is 3.04. The Morgan fingerprint density at radius 1 is 1.38 bits per heavy atom. The van der Waals surface area contributed by atoms with Crippen molar-refractivity contribution in [3.63, 3.8) is 0 Å². The number of unbranched alkanes of at least 4 members (excludes halogenated alkanes) is 1. The zero-order chi connectivity index (χ0) is 18.5. The van der Waals surface area contributed by atoms with Crippen molar-refractivity contribution in [2.45, 2.75) is 37.4 Å². The minimum Gasteiger partial charge on any atom is -0.311 e. The molecule has 3 rings (SSSR count). The van der Waals surface area contributed by atoms with E-state index in [-0.39, 0.29) is 24.2 Å². The van der Waals surface area contributed by atoms with E-state index in [0.717, 1.165) is 34.2 Å². The van der Waals surface area contributed by atoms with Crippen molar-refractivity contribution in [3.8, 4) is 0 Å². The first-order valence-corrected chi connectivity index (χ1v) is 10.5. The van der Waals surface area contributed by atoms with Crippen LogP contribution in [-0.4, -0.2) is 34.3 Å². The number of hydrogen-bond acceptors (Lipinski definition) is 6. The number of carbonyl (C=O) groups is 2. The van der Waals surface area contributed by atoms with Gasteiger partial charge in [0.25, 0.3) is 0 Å². The molecule has 0 spiro atoms. The maximum Gasteiger partial charge on any atom is 0.231 e. The van der Waals surface area contributed by atoms with Crippen molar-refractivity contribution < 1.29 is 9.59 Å². The molecule has 26 heavy (non-hydrogen) atoms. The van der Waals surface area contributed by atoms with E-state index in [1.54, 1.807) is 16.7 Å². The van der Waals surface area contributed by atoms with Gasteiger partial charge in [0, 0.05) is 24.4 Å². The number of amides is 2. The maximum absolute atomic E-state index is 12.5. The normalized spacial score (nSPS) is 16.9. The lowest BCUT2D eigenvalue weighted by molar-refractivity contribution is -0.122. The Hall–Kier alpha value is -1.93. The smallest absolute Gasteiger partial charge is 0.231 e. The third-order valence-corrected chi connectivity index (χ3v) is 6.32. The fraction of sp³-hybridized carbons (Fsp3) is 0.444. The highest BCUT2D eigenvalue weighted by Gasteiger charge is 2.35. The van der Waals surface area contributed by atoms with Crippen molar-refractivity contribution in [3.05, 3.63) is 29.8 Å². The van der Waals surface area contributed by atoms with Crippen LogP contribution in [0.3, 0.4) is 0 Å². The first kappa shape index (κ1) is 18.8. The zero-order valence-electron chi connectivity index (χ0n) is 14.9. The molecule has 1 aromatic carbocycles. The number of carbonyl (C=O) groups excluding carboxylic acids is 2. The minimum atomic E-state index is -0.373. The van der Waals surface area contributed by atoms with Crippen LogP contribution in [-0.2, 0) is 9.59 Å². The summed E-state index contributed by atoms with van der Waals surface area (Å²) < 4.78 is 0.859. The number of anilines is 2. The molecule has 0 saturated carbocycles. The van der Waals surface area contributed by atoms with Gasteiger partial charge in [-0.3, -0.25) is 9.59 Å². The first-order valence-electron chi connectivity index (χ1n) is 8.71. The molecule has 2 amide bonds.